The van der Waals surface area contributed by atoms with Crippen molar-refractivity contribution in [3.8, 4) is 5.75 Å². The number of aryl methyl sites for hydroxylation is 2. The monoisotopic (exact) mass is 375 g/mol. The van der Waals surface area contributed by atoms with Gasteiger partial charge in [0, 0.05) is 31.7 Å². The molecule has 3 heterocycles. The molecule has 146 valence electrons. The average Bonchev–Trinajstić information content (AvgIpc) is 3.16. The Bertz CT molecular complexity index is 748. The summed E-state index contributed by atoms with van der Waals surface area (Å²) >= 11 is 0. The molecular formula is C20H26FN3O3. The number of fused-ring (bicyclic) bond motifs is 1. The molecule has 7 heteroatoms. The Kier molecular flexibility index (Phi) is 5.43. The molecule has 0 radical (unpaired) electrons. The number of aromatic nitrogens is 2. The summed E-state index contributed by atoms with van der Waals surface area (Å²) in [5, 5.41) is 0. The second kappa shape index (κ2) is 7.96. The Hall–Kier alpha value is -1.96. The van der Waals surface area contributed by atoms with Gasteiger partial charge in [0.25, 0.3) is 0 Å². The summed E-state index contributed by atoms with van der Waals surface area (Å²) in [7, 11) is 0. The van der Waals surface area contributed by atoms with Crippen LogP contribution >= 0.6 is 0 Å². The number of rotatable bonds is 5. The maximum Gasteiger partial charge on any atom is 0.145 e. The molecule has 0 spiro atoms. The number of hydrogen-bond donors (Lipinski definition) is 1. The highest BCUT2D eigenvalue weighted by atomic mass is 19.1. The van der Waals surface area contributed by atoms with Gasteiger partial charge >= 0.3 is 0 Å². The lowest BCUT2D eigenvalue weighted by molar-refractivity contribution is -0.00461. The Labute approximate surface area is 158 Å². The van der Waals surface area contributed by atoms with Crippen molar-refractivity contribution in [2.45, 2.75) is 45.1 Å². The Morgan fingerprint density at radius 3 is 2.44 bits per heavy atom. The molecule has 1 aromatic carbocycles. The zero-order valence-corrected chi connectivity index (χ0v) is 15.8. The quantitative estimate of drug-likeness (QED) is 0.870. The summed E-state index contributed by atoms with van der Waals surface area (Å²) in [5.41, 5.74) is 2.23. The van der Waals surface area contributed by atoms with Crippen LogP contribution in [0.4, 0.5) is 4.39 Å². The lowest BCUT2D eigenvalue weighted by Crippen LogP contribution is -2.29. The molecular weight excluding hydrogens is 349 g/mol. The van der Waals surface area contributed by atoms with Crippen LogP contribution in [0.5, 0.6) is 5.75 Å². The molecule has 4 rings (SSSR count). The second-order valence-electron chi connectivity index (χ2n) is 7.24. The largest absolute Gasteiger partial charge is 0.486 e. The van der Waals surface area contributed by atoms with E-state index in [0.717, 1.165) is 43.3 Å². The van der Waals surface area contributed by atoms with Crippen LogP contribution in [0.25, 0.3) is 0 Å². The van der Waals surface area contributed by atoms with Crippen molar-refractivity contribution in [2.75, 3.05) is 26.3 Å². The predicted octanol–water partition coefficient (Wildman–Crippen LogP) is 2.47. The van der Waals surface area contributed by atoms with Gasteiger partial charge in [-0.25, -0.2) is 9.37 Å². The molecule has 2 aromatic rings. The topological polar surface area (TPSA) is 59.6 Å². The van der Waals surface area contributed by atoms with Crippen LogP contribution in [0.3, 0.4) is 0 Å². The van der Waals surface area contributed by atoms with Gasteiger partial charge in [-0.1, -0.05) is 6.92 Å². The van der Waals surface area contributed by atoms with Gasteiger partial charge in [-0.05, 0) is 31.2 Å². The maximum atomic E-state index is 13.0. The number of imidazole rings is 1. The minimum absolute atomic E-state index is 0.0386. The third kappa shape index (κ3) is 4.31. The normalized spacial score (nSPS) is 24.0. The van der Waals surface area contributed by atoms with Crippen molar-refractivity contribution in [1.29, 1.82) is 0 Å². The zero-order valence-electron chi connectivity index (χ0n) is 15.8. The van der Waals surface area contributed by atoms with Gasteiger partial charge in [-0.3, -0.25) is 4.90 Å². The number of H-pyrrole nitrogens is 1. The molecule has 1 aromatic heterocycles. The Morgan fingerprint density at radius 2 is 1.85 bits per heavy atom. The highest BCUT2D eigenvalue weighted by molar-refractivity contribution is 5.22. The van der Waals surface area contributed by atoms with E-state index in [-0.39, 0.29) is 24.1 Å². The fourth-order valence-electron chi connectivity index (χ4n) is 3.65. The summed E-state index contributed by atoms with van der Waals surface area (Å²) in [6.07, 6.45) is 0.803. The molecule has 27 heavy (non-hydrogen) atoms. The van der Waals surface area contributed by atoms with E-state index in [0.29, 0.717) is 19.0 Å². The second-order valence-corrected chi connectivity index (χ2v) is 7.24. The lowest BCUT2D eigenvalue weighted by atomic mass is 10.3. The number of ether oxygens (including phenoxy) is 3. The highest BCUT2D eigenvalue weighted by Crippen LogP contribution is 2.24. The Morgan fingerprint density at radius 1 is 1.19 bits per heavy atom. The van der Waals surface area contributed by atoms with E-state index in [1.165, 1.54) is 12.1 Å². The predicted molar refractivity (Wildman–Crippen MR) is 98.3 cm³/mol. The van der Waals surface area contributed by atoms with E-state index >= 15 is 0 Å². The maximum absolute atomic E-state index is 13.0. The molecule has 0 saturated carbocycles. The molecule has 2 saturated heterocycles. The summed E-state index contributed by atoms with van der Waals surface area (Å²) in [6, 6.07) is 6.03. The average molecular weight is 375 g/mol. The molecule has 2 atom stereocenters. The number of halogens is 1. The first-order valence-electron chi connectivity index (χ1n) is 9.53. The molecule has 2 aliphatic heterocycles. The van der Waals surface area contributed by atoms with Crippen LogP contribution in [0, 0.1) is 12.7 Å². The number of likely N-dealkylation sites (tertiary alicyclic amines) is 1. The summed E-state index contributed by atoms with van der Waals surface area (Å²) in [4.78, 5) is 10.3. The lowest BCUT2D eigenvalue weighted by Gasteiger charge is -2.19. The van der Waals surface area contributed by atoms with Gasteiger partial charge in [-0.15, -0.1) is 0 Å². The Balaban J connectivity index is 1.31. The summed E-state index contributed by atoms with van der Waals surface area (Å²) in [6.45, 7) is 7.55. The third-order valence-corrected chi connectivity index (χ3v) is 5.14. The fraction of sp³-hybridized carbons (Fsp3) is 0.550. The van der Waals surface area contributed by atoms with Crippen molar-refractivity contribution in [3.05, 3.63) is 47.3 Å². The minimum atomic E-state index is -0.274. The third-order valence-electron chi connectivity index (χ3n) is 5.14. The van der Waals surface area contributed by atoms with E-state index in [1.807, 2.05) is 0 Å². The number of benzene rings is 1. The number of nitrogens with zero attached hydrogens (tertiary/aromatic N) is 2. The number of aromatic amines is 1. The van der Waals surface area contributed by atoms with E-state index in [1.54, 1.807) is 12.1 Å². The molecule has 0 bridgehead atoms. The van der Waals surface area contributed by atoms with E-state index < -0.39 is 0 Å². The zero-order chi connectivity index (χ0) is 18.8. The fourth-order valence-corrected chi connectivity index (χ4v) is 3.65. The molecule has 2 fully saturated rings. The van der Waals surface area contributed by atoms with Gasteiger partial charge in [0.2, 0.25) is 0 Å². The first-order chi connectivity index (χ1) is 13.1. The number of hydrogen-bond acceptors (Lipinski definition) is 5. The van der Waals surface area contributed by atoms with Crippen LogP contribution in [-0.4, -0.2) is 59.5 Å². The van der Waals surface area contributed by atoms with Crippen molar-refractivity contribution < 1.29 is 18.6 Å². The molecule has 0 unspecified atom stereocenters. The molecule has 0 amide bonds. The molecule has 2 aliphatic rings. The standard InChI is InChI=1S/C20H26FN3O3/c1-3-20-22-13(2)17(23-20)8-24-9-18-19(10-24)26-12-16(11-25-18)27-15-6-4-14(21)5-7-15/h4-7,16,18-19H,3,8-12H2,1-2H3,(H,22,23)/t18-,19-/m0/s1. The van der Waals surface area contributed by atoms with Crippen LogP contribution in [-0.2, 0) is 22.4 Å². The van der Waals surface area contributed by atoms with Gasteiger partial charge in [0.15, 0.2) is 0 Å². The van der Waals surface area contributed by atoms with Crippen molar-refractivity contribution in [1.82, 2.24) is 14.9 Å². The van der Waals surface area contributed by atoms with E-state index in [4.69, 9.17) is 14.2 Å². The van der Waals surface area contributed by atoms with E-state index in [9.17, 15) is 4.39 Å². The smallest absolute Gasteiger partial charge is 0.145 e. The molecule has 1 N–H and O–H groups in total. The summed E-state index contributed by atoms with van der Waals surface area (Å²) in [5.74, 6) is 1.38. The van der Waals surface area contributed by atoms with Crippen LogP contribution < -0.4 is 4.74 Å². The first kappa shape index (κ1) is 18.4. The molecule has 6 nitrogen and oxygen atoms in total. The minimum Gasteiger partial charge on any atom is -0.486 e. The van der Waals surface area contributed by atoms with Crippen LogP contribution in [0.2, 0.25) is 0 Å². The number of nitrogens with one attached hydrogen (secondary N) is 1. The van der Waals surface area contributed by atoms with Crippen LogP contribution in [0.15, 0.2) is 24.3 Å². The van der Waals surface area contributed by atoms with Gasteiger partial charge in [0.1, 0.15) is 23.5 Å². The van der Waals surface area contributed by atoms with Gasteiger partial charge in [0.05, 0.1) is 31.1 Å². The van der Waals surface area contributed by atoms with Crippen molar-refractivity contribution >= 4 is 0 Å². The van der Waals surface area contributed by atoms with Crippen LogP contribution in [0.1, 0.15) is 24.1 Å². The summed E-state index contributed by atoms with van der Waals surface area (Å²) < 4.78 is 31.0. The van der Waals surface area contributed by atoms with Gasteiger partial charge in [-0.2, -0.15) is 0 Å². The van der Waals surface area contributed by atoms with Gasteiger partial charge < -0.3 is 19.2 Å². The van der Waals surface area contributed by atoms with E-state index in [2.05, 4.69) is 28.7 Å². The highest BCUT2D eigenvalue weighted by Gasteiger charge is 2.38. The molecule has 0 aliphatic carbocycles. The van der Waals surface area contributed by atoms with Crippen molar-refractivity contribution in [2.24, 2.45) is 0 Å². The first-order valence-corrected chi connectivity index (χ1v) is 9.53. The SMILES string of the molecule is CCc1nc(CN2C[C@@H]3OCC(Oc4ccc(F)cc4)CO[C@H]3C2)c(C)[nH]1. The van der Waals surface area contributed by atoms with Crippen molar-refractivity contribution in [3.63, 3.8) is 0 Å².